The summed E-state index contributed by atoms with van der Waals surface area (Å²) in [5.41, 5.74) is 9.82. The maximum absolute atomic E-state index is 12.8. The van der Waals surface area contributed by atoms with Crippen LogP contribution in [0.4, 0.5) is 4.39 Å². The normalized spacial score (nSPS) is 19.2. The second kappa shape index (κ2) is 24.6. The highest BCUT2D eigenvalue weighted by Crippen LogP contribution is 2.38. The Morgan fingerprint density at radius 2 is 1.28 bits per heavy atom. The first-order valence-electron chi connectivity index (χ1n) is 20.4. The van der Waals surface area contributed by atoms with E-state index in [0.29, 0.717) is 15.4 Å². The fourth-order valence-electron chi connectivity index (χ4n) is 7.08. The van der Waals surface area contributed by atoms with Gasteiger partial charge in [0.2, 0.25) is 0 Å². The smallest absolute Gasteiger partial charge is 0.365 e. The molecular formula is C49H46BrClFNO16. The van der Waals surface area contributed by atoms with Crippen LogP contribution in [-0.2, 0) is 25.5 Å². The number of hydrogen-bond donors (Lipinski definition) is 11. The molecule has 0 aliphatic carbocycles. The summed E-state index contributed by atoms with van der Waals surface area (Å²) in [4.78, 5) is 55.0. The summed E-state index contributed by atoms with van der Waals surface area (Å²) in [7, 11) is 0. The predicted molar refractivity (Wildman–Crippen MR) is 252 cm³/mol. The maximum Gasteiger partial charge on any atom is 0.365 e. The third-order valence-electron chi connectivity index (χ3n) is 10.5. The largest absolute Gasteiger partial charge is 0.507 e. The minimum atomic E-state index is -3.11. The van der Waals surface area contributed by atoms with Crippen molar-refractivity contribution in [1.29, 1.82) is 0 Å². The molecule has 12 N–H and O–H groups in total. The highest BCUT2D eigenvalue weighted by atomic mass is 79.9. The SMILES string of the molecule is CC(=O)C1[C@H](O)[C@@H](N)[C@H]([C@H](O)[C@H](O)CO)OC1(O)C(=O)O.O=C(O)Cc1ccc(-c2ccccc2)cc1.O=C(O)c1cc(Br)c(Cl)cc1F.O=C(O)c1cc(O)c2ccccc2c1-c1ccccc1. The Balaban J connectivity index is 0.000000204. The van der Waals surface area contributed by atoms with Crippen LogP contribution in [0.2, 0.25) is 5.02 Å². The predicted octanol–water partition coefficient (Wildman–Crippen LogP) is 5.60. The van der Waals surface area contributed by atoms with Crippen molar-refractivity contribution in [3.8, 4) is 28.0 Å². The molecular weight excluding hydrogens is 993 g/mol. The molecule has 0 saturated carbocycles. The number of aliphatic hydroxyl groups excluding tert-OH is 4. The Morgan fingerprint density at radius 3 is 1.77 bits per heavy atom. The first-order chi connectivity index (χ1) is 32.5. The standard InChI is InChI=1S/C17H12O3.C14H12O2.C11H19NO9.C7H3BrClFO2/c18-15-10-14(17(19)20)16(11-6-2-1-3-7-11)13-9-5-4-8-12(13)15;15-14(16)10-11-6-8-13(9-7-11)12-4-2-1-3-5-12;1-3(14)5-8(17)6(12)9(7(16)4(15)2-13)21-11(5,20)10(18)19;8-4-1-3(7(11)12)6(10)2-5(4)9/h1-10,18H,(H,19,20);1-9H,10H2,(H,15,16);4-9,13,15-17,20H,2,12H2,1H3,(H,18,19);1-2H,(H,11,12)/t;;4-,5?,6-,7-,8+,9-,11?;/m..1./s1. The number of aromatic hydroxyl groups is 1. The van der Waals surface area contributed by atoms with E-state index in [-0.39, 0.29) is 22.8 Å². The number of aliphatic carboxylic acids is 2. The zero-order valence-electron chi connectivity index (χ0n) is 36.1. The van der Waals surface area contributed by atoms with Gasteiger partial charge >= 0.3 is 23.9 Å². The van der Waals surface area contributed by atoms with Crippen molar-refractivity contribution in [2.24, 2.45) is 11.7 Å². The van der Waals surface area contributed by atoms with Crippen LogP contribution in [0.5, 0.6) is 5.75 Å². The number of phenolic OH excluding ortho intramolecular Hbond substituents is 1. The summed E-state index contributed by atoms with van der Waals surface area (Å²) < 4.78 is 18.0. The van der Waals surface area contributed by atoms with Crippen LogP contribution in [0, 0.1) is 11.7 Å². The molecule has 6 aromatic rings. The lowest BCUT2D eigenvalue weighted by atomic mass is 9.79. The number of carbonyl (C=O) groups excluding carboxylic acids is 1. The summed E-state index contributed by atoms with van der Waals surface area (Å²) in [5, 5.41) is 95.0. The van der Waals surface area contributed by atoms with E-state index in [4.69, 9.17) is 42.5 Å². The Morgan fingerprint density at radius 1 is 0.768 bits per heavy atom. The van der Waals surface area contributed by atoms with E-state index in [9.17, 15) is 59.0 Å². The average molecular weight is 1040 g/mol. The van der Waals surface area contributed by atoms with Gasteiger partial charge in [0, 0.05) is 15.4 Å². The van der Waals surface area contributed by atoms with E-state index in [0.717, 1.165) is 46.7 Å². The Labute approximate surface area is 405 Å². The van der Waals surface area contributed by atoms with Gasteiger partial charge in [-0.1, -0.05) is 121 Å². The van der Waals surface area contributed by atoms with Crippen LogP contribution in [-0.4, -0.2) is 124 Å². The van der Waals surface area contributed by atoms with Crippen molar-refractivity contribution in [3.05, 3.63) is 159 Å². The summed E-state index contributed by atoms with van der Waals surface area (Å²) >= 11 is 8.50. The number of hydrogen-bond acceptors (Lipinski definition) is 13. The van der Waals surface area contributed by atoms with Gasteiger partial charge in [0.1, 0.15) is 41.6 Å². The van der Waals surface area contributed by atoms with Crippen molar-refractivity contribution in [3.63, 3.8) is 0 Å². The first kappa shape index (κ1) is 55.0. The molecule has 20 heteroatoms. The number of benzene rings is 6. The molecule has 2 unspecified atom stereocenters. The molecule has 0 spiro atoms. The number of phenols is 1. The summed E-state index contributed by atoms with van der Waals surface area (Å²) in [6.07, 6.45) is -7.07. The lowest BCUT2D eigenvalue weighted by Crippen LogP contribution is -2.71. The van der Waals surface area contributed by atoms with Gasteiger partial charge in [-0.05, 0) is 68.7 Å². The molecule has 1 heterocycles. The van der Waals surface area contributed by atoms with E-state index < -0.39 is 89.8 Å². The third kappa shape index (κ3) is 13.8. The number of Topliss-reactive ketones (excluding diaryl/α,β-unsaturated/α-hetero) is 1. The van der Waals surface area contributed by atoms with Gasteiger partial charge in [0.25, 0.3) is 5.79 Å². The van der Waals surface area contributed by atoms with Crippen molar-refractivity contribution in [2.45, 2.75) is 49.6 Å². The van der Waals surface area contributed by atoms with Crippen LogP contribution in [0.15, 0.2) is 132 Å². The lowest BCUT2D eigenvalue weighted by molar-refractivity contribution is -0.311. The number of carbonyl (C=O) groups is 5. The molecule has 1 aliphatic rings. The van der Waals surface area contributed by atoms with Gasteiger partial charge in [-0.3, -0.25) is 9.59 Å². The van der Waals surface area contributed by atoms with Gasteiger partial charge in [-0.2, -0.15) is 0 Å². The highest BCUT2D eigenvalue weighted by Gasteiger charge is 2.61. The van der Waals surface area contributed by atoms with Crippen molar-refractivity contribution in [2.75, 3.05) is 6.61 Å². The molecule has 7 rings (SSSR count). The fourth-order valence-corrected chi connectivity index (χ4v) is 7.57. The molecule has 69 heavy (non-hydrogen) atoms. The Bertz CT molecular complexity index is 2770. The van der Waals surface area contributed by atoms with E-state index in [1.165, 1.54) is 6.07 Å². The van der Waals surface area contributed by atoms with Crippen LogP contribution in [0.1, 0.15) is 33.2 Å². The Hall–Kier alpha value is -6.65. The van der Waals surface area contributed by atoms with Crippen LogP contribution in [0.3, 0.4) is 0 Å². The monoisotopic (exact) mass is 1040 g/mol. The number of carboxylic acid groups (broad SMARTS) is 4. The molecule has 0 radical (unpaired) electrons. The molecule has 1 fully saturated rings. The minimum absolute atomic E-state index is 0.0160. The van der Waals surface area contributed by atoms with Crippen LogP contribution in [0.25, 0.3) is 33.0 Å². The molecule has 0 bridgehead atoms. The van der Waals surface area contributed by atoms with Crippen LogP contribution < -0.4 is 5.73 Å². The number of ketones is 1. The van der Waals surface area contributed by atoms with E-state index in [1.807, 2.05) is 103 Å². The number of fused-ring (bicyclic) bond motifs is 1. The van der Waals surface area contributed by atoms with Crippen LogP contribution >= 0.6 is 27.5 Å². The van der Waals surface area contributed by atoms with E-state index >= 15 is 0 Å². The quantitative estimate of drug-likeness (QED) is 0.0704. The minimum Gasteiger partial charge on any atom is -0.507 e. The molecule has 17 nitrogen and oxygen atoms in total. The highest BCUT2D eigenvalue weighted by molar-refractivity contribution is 9.10. The maximum atomic E-state index is 12.8. The fraction of sp³-hybridized carbons (Fsp3) is 0.204. The number of halogens is 3. The zero-order valence-corrected chi connectivity index (χ0v) is 38.5. The molecule has 0 aromatic heterocycles. The molecule has 7 atom stereocenters. The topological polar surface area (TPSA) is 323 Å². The van der Waals surface area contributed by atoms with Gasteiger partial charge in [0.05, 0.1) is 41.3 Å². The second-order valence-electron chi connectivity index (χ2n) is 15.2. The van der Waals surface area contributed by atoms with Gasteiger partial charge in [-0.15, -0.1) is 0 Å². The van der Waals surface area contributed by atoms with E-state index in [1.54, 1.807) is 6.07 Å². The molecule has 1 aliphatic heterocycles. The van der Waals surface area contributed by atoms with Crippen molar-refractivity contribution >= 4 is 68.0 Å². The number of aromatic carboxylic acids is 2. The third-order valence-corrected chi connectivity index (χ3v) is 11.7. The lowest BCUT2D eigenvalue weighted by Gasteiger charge is -2.47. The van der Waals surface area contributed by atoms with Crippen molar-refractivity contribution < 1.29 is 84.2 Å². The first-order valence-corrected chi connectivity index (χ1v) is 21.5. The Kier molecular flexibility index (Phi) is 19.6. The number of carboxylic acids is 4. The van der Waals surface area contributed by atoms with Gasteiger partial charge < -0.3 is 61.5 Å². The summed E-state index contributed by atoms with van der Waals surface area (Å²) in [5.74, 6) is -11.8. The number of rotatable bonds is 11. The number of nitrogens with two attached hydrogens (primary N) is 1. The number of ether oxygens (including phenoxy) is 1. The second-order valence-corrected chi connectivity index (χ2v) is 16.5. The molecule has 1 saturated heterocycles. The zero-order chi connectivity index (χ0) is 51.3. The molecule has 0 amide bonds. The summed E-state index contributed by atoms with van der Waals surface area (Å²) in [6.45, 7) is 0.0582. The van der Waals surface area contributed by atoms with Gasteiger partial charge in [0.15, 0.2) is 0 Å². The molecule has 6 aromatic carbocycles. The number of aliphatic hydroxyl groups is 5. The molecule has 364 valence electrons. The van der Waals surface area contributed by atoms with Crippen molar-refractivity contribution in [1.82, 2.24) is 0 Å². The average Bonchev–Trinajstić information content (AvgIpc) is 3.32. The van der Waals surface area contributed by atoms with E-state index in [2.05, 4.69) is 15.9 Å². The van der Waals surface area contributed by atoms with Gasteiger partial charge in [-0.25, -0.2) is 18.8 Å². The summed E-state index contributed by atoms with van der Waals surface area (Å²) in [6, 6.07) is 36.2.